The van der Waals surface area contributed by atoms with E-state index in [1.54, 1.807) is 19.1 Å². The average Bonchev–Trinajstić information content (AvgIpc) is 2.28. The first-order valence-electron chi connectivity index (χ1n) is 5.28. The van der Waals surface area contributed by atoms with Crippen molar-refractivity contribution < 1.29 is 13.9 Å². The van der Waals surface area contributed by atoms with Gasteiger partial charge in [-0.15, -0.1) is 0 Å². The molecule has 2 N–H and O–H groups in total. The molecule has 0 radical (unpaired) electrons. The fourth-order valence-electron chi connectivity index (χ4n) is 1.43. The van der Waals surface area contributed by atoms with E-state index in [9.17, 15) is 9.18 Å². The molecule has 0 aliphatic heterocycles. The van der Waals surface area contributed by atoms with Crippen LogP contribution in [-0.2, 0) is 16.0 Å². The van der Waals surface area contributed by atoms with Gasteiger partial charge in [0.05, 0.1) is 12.5 Å². The third-order valence-electron chi connectivity index (χ3n) is 2.30. The summed E-state index contributed by atoms with van der Waals surface area (Å²) in [5.41, 5.74) is 6.39. The first-order valence-corrected chi connectivity index (χ1v) is 5.28. The minimum atomic E-state index is -0.356. The lowest BCUT2D eigenvalue weighted by Gasteiger charge is -2.13. The number of benzene rings is 1. The van der Waals surface area contributed by atoms with Crippen LogP contribution < -0.4 is 5.73 Å². The smallest absolute Gasteiger partial charge is 0.310 e. The topological polar surface area (TPSA) is 52.3 Å². The lowest BCUT2D eigenvalue weighted by Crippen LogP contribution is -2.27. The van der Waals surface area contributed by atoms with Gasteiger partial charge in [-0.2, -0.15) is 0 Å². The van der Waals surface area contributed by atoms with Gasteiger partial charge in [-0.25, -0.2) is 4.39 Å². The molecule has 0 heterocycles. The van der Waals surface area contributed by atoms with Crippen LogP contribution in [0.4, 0.5) is 4.39 Å². The van der Waals surface area contributed by atoms with Gasteiger partial charge in [0.15, 0.2) is 0 Å². The highest BCUT2D eigenvalue weighted by Gasteiger charge is 2.18. The quantitative estimate of drug-likeness (QED) is 0.773. The van der Waals surface area contributed by atoms with Crippen molar-refractivity contribution in [3.63, 3.8) is 0 Å². The number of ether oxygens (including phenoxy) is 1. The SMILES string of the molecule is CCOC(=O)[C@H](CN)Cc1ccc(F)cc1. The highest BCUT2D eigenvalue weighted by Crippen LogP contribution is 2.10. The van der Waals surface area contributed by atoms with Gasteiger partial charge in [-0.1, -0.05) is 12.1 Å². The van der Waals surface area contributed by atoms with E-state index in [-0.39, 0.29) is 24.2 Å². The molecule has 0 aliphatic rings. The fraction of sp³-hybridized carbons (Fsp3) is 0.417. The standard InChI is InChI=1S/C12H16FNO2/c1-2-16-12(15)10(8-14)7-9-3-5-11(13)6-4-9/h3-6,10H,2,7-8,14H2,1H3/t10-/m0/s1. The molecular weight excluding hydrogens is 209 g/mol. The van der Waals surface area contributed by atoms with E-state index >= 15 is 0 Å². The number of hydrogen-bond acceptors (Lipinski definition) is 3. The number of hydrogen-bond donors (Lipinski definition) is 1. The van der Waals surface area contributed by atoms with Crippen molar-refractivity contribution in [3.05, 3.63) is 35.6 Å². The van der Waals surface area contributed by atoms with Gasteiger partial charge >= 0.3 is 5.97 Å². The number of carbonyl (C=O) groups excluding carboxylic acids is 1. The van der Waals surface area contributed by atoms with Crippen LogP contribution in [0.3, 0.4) is 0 Å². The van der Waals surface area contributed by atoms with Crippen molar-refractivity contribution in [1.29, 1.82) is 0 Å². The molecule has 0 saturated carbocycles. The predicted octanol–water partition coefficient (Wildman–Crippen LogP) is 1.51. The van der Waals surface area contributed by atoms with Gasteiger partial charge in [0.25, 0.3) is 0 Å². The van der Waals surface area contributed by atoms with Gasteiger partial charge in [0.2, 0.25) is 0 Å². The van der Waals surface area contributed by atoms with Crippen LogP contribution in [0.5, 0.6) is 0 Å². The van der Waals surface area contributed by atoms with Crippen LogP contribution in [-0.4, -0.2) is 19.1 Å². The summed E-state index contributed by atoms with van der Waals surface area (Å²) >= 11 is 0. The van der Waals surface area contributed by atoms with Crippen molar-refractivity contribution in [2.45, 2.75) is 13.3 Å². The Hall–Kier alpha value is -1.42. The normalized spacial score (nSPS) is 12.2. The van der Waals surface area contributed by atoms with Crippen LogP contribution in [0.1, 0.15) is 12.5 Å². The first kappa shape index (κ1) is 12.6. The first-order chi connectivity index (χ1) is 7.67. The summed E-state index contributed by atoms with van der Waals surface area (Å²) in [6.45, 7) is 2.33. The average molecular weight is 225 g/mol. The molecule has 0 unspecified atom stereocenters. The highest BCUT2D eigenvalue weighted by atomic mass is 19.1. The summed E-state index contributed by atoms with van der Waals surface area (Å²) in [5, 5.41) is 0. The molecule has 4 heteroatoms. The lowest BCUT2D eigenvalue weighted by atomic mass is 9.99. The lowest BCUT2D eigenvalue weighted by molar-refractivity contribution is -0.147. The molecule has 88 valence electrons. The Morgan fingerprint density at radius 1 is 1.44 bits per heavy atom. The maximum absolute atomic E-state index is 12.7. The minimum absolute atomic E-state index is 0.232. The third-order valence-corrected chi connectivity index (χ3v) is 2.30. The van der Waals surface area contributed by atoms with E-state index in [4.69, 9.17) is 10.5 Å². The molecule has 1 atom stereocenters. The third kappa shape index (κ3) is 3.62. The van der Waals surface area contributed by atoms with Crippen LogP contribution in [0.25, 0.3) is 0 Å². The Kier molecular flexibility index (Phi) is 4.92. The van der Waals surface area contributed by atoms with E-state index in [1.807, 2.05) is 0 Å². The van der Waals surface area contributed by atoms with Crippen LogP contribution in [0.15, 0.2) is 24.3 Å². The number of carbonyl (C=O) groups is 1. The molecule has 0 aromatic heterocycles. The zero-order chi connectivity index (χ0) is 12.0. The Morgan fingerprint density at radius 3 is 2.56 bits per heavy atom. The van der Waals surface area contributed by atoms with Crippen molar-refractivity contribution in [1.82, 2.24) is 0 Å². The summed E-state index contributed by atoms with van der Waals surface area (Å²) in [6.07, 6.45) is 0.482. The molecule has 0 bridgehead atoms. The summed E-state index contributed by atoms with van der Waals surface area (Å²) in [7, 11) is 0. The largest absolute Gasteiger partial charge is 0.466 e. The van der Waals surface area contributed by atoms with E-state index in [0.29, 0.717) is 13.0 Å². The van der Waals surface area contributed by atoms with Gasteiger partial charge in [-0.05, 0) is 31.0 Å². The summed E-state index contributed by atoms with van der Waals surface area (Å²) in [6, 6.07) is 6.04. The maximum atomic E-state index is 12.7. The van der Waals surface area contributed by atoms with Gasteiger partial charge in [0.1, 0.15) is 5.82 Å². The van der Waals surface area contributed by atoms with Crippen LogP contribution >= 0.6 is 0 Å². The van der Waals surface area contributed by atoms with Gasteiger partial charge < -0.3 is 10.5 Å². The van der Waals surface area contributed by atoms with E-state index in [0.717, 1.165) is 5.56 Å². The van der Waals surface area contributed by atoms with Crippen LogP contribution in [0.2, 0.25) is 0 Å². The second kappa shape index (κ2) is 6.23. The molecule has 0 saturated heterocycles. The summed E-state index contributed by atoms with van der Waals surface area (Å²) in [5.74, 6) is -0.941. The molecule has 3 nitrogen and oxygen atoms in total. The van der Waals surface area contributed by atoms with Crippen molar-refractivity contribution in [2.75, 3.05) is 13.2 Å². The zero-order valence-electron chi connectivity index (χ0n) is 9.28. The molecule has 1 aromatic rings. The van der Waals surface area contributed by atoms with E-state index < -0.39 is 0 Å². The summed E-state index contributed by atoms with van der Waals surface area (Å²) in [4.78, 5) is 11.5. The van der Waals surface area contributed by atoms with E-state index in [2.05, 4.69) is 0 Å². The molecule has 0 fully saturated rings. The van der Waals surface area contributed by atoms with Gasteiger partial charge in [-0.3, -0.25) is 4.79 Å². The molecule has 16 heavy (non-hydrogen) atoms. The highest BCUT2D eigenvalue weighted by molar-refractivity contribution is 5.73. The molecule has 1 aromatic carbocycles. The van der Waals surface area contributed by atoms with Crippen molar-refractivity contribution in [2.24, 2.45) is 11.7 Å². The Labute approximate surface area is 94.4 Å². The second-order valence-electron chi connectivity index (χ2n) is 3.52. The molecular formula is C12H16FNO2. The summed E-state index contributed by atoms with van der Waals surface area (Å²) < 4.78 is 17.6. The minimum Gasteiger partial charge on any atom is -0.466 e. The Balaban J connectivity index is 2.62. The molecule has 1 rings (SSSR count). The number of esters is 1. The molecule has 0 amide bonds. The van der Waals surface area contributed by atoms with Crippen molar-refractivity contribution >= 4 is 5.97 Å². The monoisotopic (exact) mass is 225 g/mol. The van der Waals surface area contributed by atoms with Crippen LogP contribution in [0, 0.1) is 11.7 Å². The number of halogens is 1. The number of nitrogens with two attached hydrogens (primary N) is 1. The predicted molar refractivity (Wildman–Crippen MR) is 59.3 cm³/mol. The van der Waals surface area contributed by atoms with Gasteiger partial charge in [0, 0.05) is 6.54 Å². The maximum Gasteiger partial charge on any atom is 0.310 e. The van der Waals surface area contributed by atoms with E-state index in [1.165, 1.54) is 12.1 Å². The number of rotatable bonds is 5. The zero-order valence-corrected chi connectivity index (χ0v) is 9.28. The molecule has 0 spiro atoms. The molecule has 0 aliphatic carbocycles. The Morgan fingerprint density at radius 2 is 2.06 bits per heavy atom. The second-order valence-corrected chi connectivity index (χ2v) is 3.52. The fourth-order valence-corrected chi connectivity index (χ4v) is 1.43. The Bertz CT molecular complexity index is 337. The van der Waals surface area contributed by atoms with Crippen molar-refractivity contribution in [3.8, 4) is 0 Å².